The number of aryl methyl sites for hydroxylation is 2. The van der Waals surface area contributed by atoms with E-state index in [1.807, 2.05) is 13.0 Å². The van der Waals surface area contributed by atoms with Crippen molar-refractivity contribution in [2.75, 3.05) is 11.1 Å². The number of anilines is 2. The van der Waals surface area contributed by atoms with Crippen molar-refractivity contribution >= 4 is 23.1 Å². The summed E-state index contributed by atoms with van der Waals surface area (Å²) >= 11 is 1.67. The Morgan fingerprint density at radius 3 is 2.70 bits per heavy atom. The van der Waals surface area contributed by atoms with E-state index in [9.17, 15) is 0 Å². The van der Waals surface area contributed by atoms with E-state index in [0.29, 0.717) is 5.95 Å². The molecule has 0 saturated carbocycles. The minimum atomic E-state index is 0.0414. The second-order valence-corrected chi connectivity index (χ2v) is 5.64. The zero-order valence-electron chi connectivity index (χ0n) is 11.6. The zero-order chi connectivity index (χ0) is 14.7. The first-order chi connectivity index (χ1) is 9.55. The molecule has 2 aromatic heterocycles. The molecular formula is C13H16N6S. The molecule has 0 saturated heterocycles. The van der Waals surface area contributed by atoms with Gasteiger partial charge in [0.05, 0.1) is 17.9 Å². The van der Waals surface area contributed by atoms with Crippen LogP contribution >= 0.6 is 11.3 Å². The van der Waals surface area contributed by atoms with Crippen molar-refractivity contribution < 1.29 is 0 Å². The Balaban J connectivity index is 2.22. The lowest BCUT2D eigenvalue weighted by atomic mass is 10.2. The van der Waals surface area contributed by atoms with Crippen molar-refractivity contribution in [1.29, 1.82) is 5.26 Å². The van der Waals surface area contributed by atoms with Crippen LogP contribution in [0.4, 0.5) is 11.8 Å². The van der Waals surface area contributed by atoms with Crippen molar-refractivity contribution in [2.24, 2.45) is 0 Å². The average Bonchev–Trinajstić information content (AvgIpc) is 2.76. The number of nitrogen functional groups attached to an aromatic ring is 1. The Morgan fingerprint density at radius 2 is 2.20 bits per heavy atom. The second-order valence-electron chi connectivity index (χ2n) is 4.40. The molecule has 1 unspecified atom stereocenters. The smallest absolute Gasteiger partial charge is 0.225 e. The molecule has 104 valence electrons. The molecule has 2 rings (SSSR count). The van der Waals surface area contributed by atoms with E-state index < -0.39 is 0 Å². The molecule has 2 heterocycles. The lowest BCUT2D eigenvalue weighted by Gasteiger charge is -2.14. The molecule has 7 heteroatoms. The lowest BCUT2D eigenvalue weighted by Crippen LogP contribution is -2.13. The highest BCUT2D eigenvalue weighted by atomic mass is 32.1. The van der Waals surface area contributed by atoms with Gasteiger partial charge in [0.2, 0.25) is 5.95 Å². The van der Waals surface area contributed by atoms with Crippen molar-refractivity contribution in [1.82, 2.24) is 15.0 Å². The molecule has 3 N–H and O–H groups in total. The van der Waals surface area contributed by atoms with Gasteiger partial charge in [-0.15, -0.1) is 11.3 Å². The average molecular weight is 288 g/mol. The van der Waals surface area contributed by atoms with Crippen molar-refractivity contribution in [2.45, 2.75) is 33.2 Å². The summed E-state index contributed by atoms with van der Waals surface area (Å²) in [4.78, 5) is 14.0. The maximum Gasteiger partial charge on any atom is 0.225 e. The zero-order valence-corrected chi connectivity index (χ0v) is 12.5. The van der Waals surface area contributed by atoms with Gasteiger partial charge in [-0.3, -0.25) is 0 Å². The highest BCUT2D eigenvalue weighted by molar-refractivity contribution is 7.11. The van der Waals surface area contributed by atoms with Crippen LogP contribution in [0.1, 0.15) is 40.5 Å². The van der Waals surface area contributed by atoms with Crippen molar-refractivity contribution in [3.05, 3.63) is 27.3 Å². The summed E-state index contributed by atoms with van der Waals surface area (Å²) in [6, 6.07) is 1.99. The van der Waals surface area contributed by atoms with Gasteiger partial charge in [0.15, 0.2) is 0 Å². The minimum absolute atomic E-state index is 0.0414. The van der Waals surface area contributed by atoms with Crippen LogP contribution < -0.4 is 11.1 Å². The summed E-state index contributed by atoms with van der Waals surface area (Å²) in [5, 5.41) is 13.0. The number of rotatable bonds is 4. The summed E-state index contributed by atoms with van der Waals surface area (Å²) < 4.78 is 0. The number of nitriles is 1. The highest BCUT2D eigenvalue weighted by Gasteiger charge is 2.16. The molecule has 0 aliphatic heterocycles. The van der Waals surface area contributed by atoms with Crippen LogP contribution in [-0.2, 0) is 0 Å². The minimum Gasteiger partial charge on any atom is -0.382 e. The standard InChI is InChI=1S/C13H16N6S/c1-4-10(12-17-7(2)8(3)20-12)18-13-16-6-9(5-14)11(15)19-13/h6,10H,4H2,1-3H3,(H3,15,16,18,19). The van der Waals surface area contributed by atoms with Crippen LogP contribution in [0.25, 0.3) is 0 Å². The first-order valence-electron chi connectivity index (χ1n) is 6.28. The topological polar surface area (TPSA) is 101 Å². The molecule has 2 aromatic rings. The number of thiazole rings is 1. The summed E-state index contributed by atoms with van der Waals surface area (Å²) in [6.45, 7) is 6.12. The van der Waals surface area contributed by atoms with E-state index >= 15 is 0 Å². The normalized spacial score (nSPS) is 11.9. The molecule has 20 heavy (non-hydrogen) atoms. The first kappa shape index (κ1) is 14.2. The molecule has 1 atom stereocenters. The van der Waals surface area contributed by atoms with Gasteiger partial charge < -0.3 is 11.1 Å². The molecule has 0 aromatic carbocycles. The van der Waals surface area contributed by atoms with Gasteiger partial charge in [0, 0.05) is 4.88 Å². The Labute approximate surface area is 121 Å². The molecule has 0 amide bonds. The van der Waals surface area contributed by atoms with Gasteiger partial charge in [-0.05, 0) is 20.3 Å². The Morgan fingerprint density at radius 1 is 1.45 bits per heavy atom. The third-order valence-electron chi connectivity index (χ3n) is 2.99. The Bertz CT molecular complexity index is 638. The van der Waals surface area contributed by atoms with Gasteiger partial charge >= 0.3 is 0 Å². The number of hydrogen-bond acceptors (Lipinski definition) is 7. The van der Waals surface area contributed by atoms with Crippen LogP contribution in [-0.4, -0.2) is 15.0 Å². The van der Waals surface area contributed by atoms with Gasteiger partial charge in [0.25, 0.3) is 0 Å². The predicted molar refractivity (Wildman–Crippen MR) is 79.4 cm³/mol. The van der Waals surface area contributed by atoms with Gasteiger partial charge in [-0.1, -0.05) is 6.92 Å². The quantitative estimate of drug-likeness (QED) is 0.896. The third-order valence-corrected chi connectivity index (χ3v) is 4.18. The van der Waals surface area contributed by atoms with E-state index in [1.165, 1.54) is 11.1 Å². The van der Waals surface area contributed by atoms with Crippen molar-refractivity contribution in [3.8, 4) is 6.07 Å². The molecule has 0 radical (unpaired) electrons. The van der Waals surface area contributed by atoms with Gasteiger partial charge in [0.1, 0.15) is 22.5 Å². The fraction of sp³-hybridized carbons (Fsp3) is 0.385. The molecule has 6 nitrogen and oxygen atoms in total. The molecule has 0 bridgehead atoms. The summed E-state index contributed by atoms with van der Waals surface area (Å²) in [7, 11) is 0. The molecule has 0 aliphatic carbocycles. The fourth-order valence-electron chi connectivity index (χ4n) is 1.69. The third kappa shape index (κ3) is 2.86. The number of hydrogen-bond donors (Lipinski definition) is 2. The van der Waals surface area contributed by atoms with Crippen LogP contribution in [0.3, 0.4) is 0 Å². The first-order valence-corrected chi connectivity index (χ1v) is 7.09. The number of nitrogens with one attached hydrogen (secondary N) is 1. The maximum atomic E-state index is 8.81. The SMILES string of the molecule is CCC(Nc1ncc(C#N)c(N)n1)c1nc(C)c(C)s1. The van der Waals surface area contributed by atoms with Crippen molar-refractivity contribution in [3.63, 3.8) is 0 Å². The summed E-state index contributed by atoms with van der Waals surface area (Å²) in [6.07, 6.45) is 2.28. The molecule has 0 spiro atoms. The largest absolute Gasteiger partial charge is 0.382 e. The van der Waals surface area contributed by atoms with E-state index in [0.717, 1.165) is 17.1 Å². The monoisotopic (exact) mass is 288 g/mol. The van der Waals surface area contributed by atoms with Crippen LogP contribution in [0.2, 0.25) is 0 Å². The summed E-state index contributed by atoms with van der Waals surface area (Å²) in [5.41, 5.74) is 7.02. The number of aromatic nitrogens is 3. The number of nitrogens with two attached hydrogens (primary N) is 1. The van der Waals surface area contributed by atoms with E-state index in [-0.39, 0.29) is 17.4 Å². The van der Waals surface area contributed by atoms with Gasteiger partial charge in [-0.25, -0.2) is 9.97 Å². The Hall–Kier alpha value is -2.20. The van der Waals surface area contributed by atoms with Crippen LogP contribution in [0, 0.1) is 25.2 Å². The number of nitrogens with zero attached hydrogens (tertiary/aromatic N) is 4. The van der Waals surface area contributed by atoms with Crippen LogP contribution in [0.5, 0.6) is 0 Å². The van der Waals surface area contributed by atoms with E-state index in [2.05, 4.69) is 34.1 Å². The molecular weight excluding hydrogens is 272 g/mol. The van der Waals surface area contributed by atoms with Gasteiger partial charge in [-0.2, -0.15) is 10.2 Å². The highest BCUT2D eigenvalue weighted by Crippen LogP contribution is 2.27. The second kappa shape index (κ2) is 5.84. The van der Waals surface area contributed by atoms with E-state index in [1.54, 1.807) is 11.3 Å². The predicted octanol–water partition coefficient (Wildman–Crippen LogP) is 2.57. The molecule has 0 fully saturated rings. The van der Waals surface area contributed by atoms with Crippen LogP contribution in [0.15, 0.2) is 6.20 Å². The Kier molecular flexibility index (Phi) is 4.15. The fourth-order valence-corrected chi connectivity index (χ4v) is 2.75. The summed E-state index contributed by atoms with van der Waals surface area (Å²) in [5.74, 6) is 0.602. The van der Waals surface area contributed by atoms with E-state index in [4.69, 9.17) is 11.0 Å². The lowest BCUT2D eigenvalue weighted by molar-refractivity contribution is 0.729. The maximum absolute atomic E-state index is 8.81. The molecule has 0 aliphatic rings.